The first kappa shape index (κ1) is 16.3. The molecule has 1 aliphatic heterocycles. The van der Waals surface area contributed by atoms with Gasteiger partial charge in [0.15, 0.2) is 17.3 Å². The number of hydrogen-bond acceptors (Lipinski definition) is 5. The molecule has 0 radical (unpaired) electrons. The molecule has 0 bridgehead atoms. The molecule has 0 aliphatic carbocycles. The molecule has 4 aromatic rings. The van der Waals surface area contributed by atoms with Gasteiger partial charge < -0.3 is 9.47 Å². The van der Waals surface area contributed by atoms with Crippen molar-refractivity contribution in [1.29, 1.82) is 0 Å². The molecule has 0 N–H and O–H groups in total. The summed E-state index contributed by atoms with van der Waals surface area (Å²) in [5.41, 5.74) is 2.03. The van der Waals surface area contributed by atoms with Gasteiger partial charge in [0.2, 0.25) is 6.79 Å². The molecule has 0 amide bonds. The van der Waals surface area contributed by atoms with Crippen LogP contribution in [0.1, 0.15) is 5.56 Å². The zero-order valence-electron chi connectivity index (χ0n) is 14.8. The minimum Gasteiger partial charge on any atom is -0.454 e. The molecule has 1 aliphatic rings. The molecule has 1 aromatic heterocycles. The highest BCUT2D eigenvalue weighted by atomic mass is 16.7. The Morgan fingerprint density at radius 2 is 1.71 bits per heavy atom. The summed E-state index contributed by atoms with van der Waals surface area (Å²) in [4.78, 5) is 17.8. The second-order valence-corrected chi connectivity index (χ2v) is 6.29. The third kappa shape index (κ3) is 2.81. The van der Waals surface area contributed by atoms with Crippen molar-refractivity contribution in [3.8, 4) is 22.9 Å². The molecule has 0 fully saturated rings. The largest absolute Gasteiger partial charge is 0.454 e. The summed E-state index contributed by atoms with van der Waals surface area (Å²) in [5, 5.41) is 4.97. The van der Waals surface area contributed by atoms with Crippen LogP contribution in [0.4, 0.5) is 0 Å². The van der Waals surface area contributed by atoms with Crippen molar-refractivity contribution in [2.45, 2.75) is 0 Å². The normalized spacial score (nSPS) is 12.7. The van der Waals surface area contributed by atoms with E-state index in [-0.39, 0.29) is 12.4 Å². The van der Waals surface area contributed by atoms with Crippen molar-refractivity contribution in [1.82, 2.24) is 9.66 Å². The molecule has 136 valence electrons. The third-order valence-electron chi connectivity index (χ3n) is 4.50. The lowest BCUT2D eigenvalue weighted by molar-refractivity contribution is 0.174. The summed E-state index contributed by atoms with van der Waals surface area (Å²) in [5.74, 6) is 1.85. The minimum absolute atomic E-state index is 0.210. The maximum atomic E-state index is 13.1. The van der Waals surface area contributed by atoms with Crippen LogP contribution in [0.2, 0.25) is 0 Å². The van der Waals surface area contributed by atoms with Gasteiger partial charge in [0.1, 0.15) is 0 Å². The highest BCUT2D eigenvalue weighted by Crippen LogP contribution is 2.32. The number of fused-ring (bicyclic) bond motifs is 2. The van der Waals surface area contributed by atoms with E-state index < -0.39 is 0 Å². The zero-order valence-corrected chi connectivity index (χ0v) is 14.8. The van der Waals surface area contributed by atoms with Gasteiger partial charge in [-0.15, -0.1) is 0 Å². The molecule has 2 heterocycles. The maximum absolute atomic E-state index is 13.1. The van der Waals surface area contributed by atoms with E-state index in [1.54, 1.807) is 12.3 Å². The second-order valence-electron chi connectivity index (χ2n) is 6.29. The first-order valence-electron chi connectivity index (χ1n) is 8.81. The number of benzene rings is 3. The van der Waals surface area contributed by atoms with Crippen molar-refractivity contribution >= 4 is 17.1 Å². The van der Waals surface area contributed by atoms with Gasteiger partial charge in [0, 0.05) is 5.56 Å². The van der Waals surface area contributed by atoms with E-state index in [0.717, 1.165) is 11.1 Å². The van der Waals surface area contributed by atoms with Gasteiger partial charge >= 0.3 is 0 Å². The molecule has 5 rings (SSSR count). The van der Waals surface area contributed by atoms with Crippen LogP contribution in [0.15, 0.2) is 82.7 Å². The van der Waals surface area contributed by atoms with Crippen LogP contribution in [0.25, 0.3) is 22.3 Å². The summed E-state index contributed by atoms with van der Waals surface area (Å²) in [6.07, 6.45) is 1.62. The number of rotatable bonds is 3. The lowest BCUT2D eigenvalue weighted by Gasteiger charge is -2.09. The Morgan fingerprint density at radius 1 is 0.929 bits per heavy atom. The Hall–Kier alpha value is -3.93. The van der Waals surface area contributed by atoms with E-state index >= 15 is 0 Å². The van der Waals surface area contributed by atoms with Crippen LogP contribution in [0.5, 0.6) is 11.5 Å². The van der Waals surface area contributed by atoms with E-state index in [1.165, 1.54) is 4.68 Å². The average molecular weight is 369 g/mol. The minimum atomic E-state index is -0.221. The molecule has 6 nitrogen and oxygen atoms in total. The van der Waals surface area contributed by atoms with Gasteiger partial charge in [-0.2, -0.15) is 9.78 Å². The SMILES string of the molecule is O=c1c2ccccc2nc(-c2ccccc2)n1N=Cc1ccc2c(c1)OCO2. The maximum Gasteiger partial charge on any atom is 0.282 e. The third-order valence-corrected chi connectivity index (χ3v) is 4.50. The molecule has 0 unspecified atom stereocenters. The lowest BCUT2D eigenvalue weighted by atomic mass is 10.2. The molecule has 0 atom stereocenters. The topological polar surface area (TPSA) is 65.7 Å². The smallest absolute Gasteiger partial charge is 0.282 e. The van der Waals surface area contributed by atoms with Crippen LogP contribution >= 0.6 is 0 Å². The quantitative estimate of drug-likeness (QED) is 0.517. The molecule has 0 spiro atoms. The fourth-order valence-corrected chi connectivity index (χ4v) is 3.12. The predicted molar refractivity (Wildman–Crippen MR) is 107 cm³/mol. The van der Waals surface area contributed by atoms with E-state index in [0.29, 0.717) is 28.2 Å². The van der Waals surface area contributed by atoms with Gasteiger partial charge in [0.25, 0.3) is 5.56 Å². The Kier molecular flexibility index (Phi) is 3.87. The fraction of sp³-hybridized carbons (Fsp3) is 0.0455. The number of nitrogens with zero attached hydrogens (tertiary/aromatic N) is 3. The molecule has 28 heavy (non-hydrogen) atoms. The standard InChI is InChI=1S/C22H15N3O3/c26-22-17-8-4-5-9-18(17)24-21(16-6-2-1-3-7-16)25(22)23-13-15-10-11-19-20(12-15)28-14-27-19/h1-13H,14H2. The predicted octanol–water partition coefficient (Wildman–Crippen LogP) is 3.67. The van der Waals surface area contributed by atoms with Gasteiger partial charge in [-0.1, -0.05) is 42.5 Å². The molecular formula is C22H15N3O3. The number of aromatic nitrogens is 2. The Balaban J connectivity index is 1.67. The monoisotopic (exact) mass is 369 g/mol. The van der Waals surface area contributed by atoms with Crippen LogP contribution in [0.3, 0.4) is 0 Å². The Labute approximate surface area is 160 Å². The van der Waals surface area contributed by atoms with Gasteiger partial charge in [-0.05, 0) is 35.9 Å². The van der Waals surface area contributed by atoms with Crippen LogP contribution in [-0.4, -0.2) is 22.7 Å². The highest BCUT2D eigenvalue weighted by molar-refractivity contribution is 5.82. The van der Waals surface area contributed by atoms with Crippen molar-refractivity contribution in [2.75, 3.05) is 6.79 Å². The first-order valence-corrected chi connectivity index (χ1v) is 8.81. The van der Waals surface area contributed by atoms with Crippen LogP contribution in [0, 0.1) is 0 Å². The van der Waals surface area contributed by atoms with E-state index in [1.807, 2.05) is 66.7 Å². The molecular weight excluding hydrogens is 354 g/mol. The lowest BCUT2D eigenvalue weighted by Crippen LogP contribution is -2.20. The Bertz CT molecular complexity index is 1260. The van der Waals surface area contributed by atoms with Crippen molar-refractivity contribution in [3.05, 3.63) is 88.7 Å². The van der Waals surface area contributed by atoms with E-state index in [2.05, 4.69) is 10.1 Å². The van der Waals surface area contributed by atoms with Gasteiger partial charge in [-0.3, -0.25) is 4.79 Å². The Morgan fingerprint density at radius 3 is 2.61 bits per heavy atom. The molecule has 6 heteroatoms. The molecule has 0 saturated heterocycles. The number of para-hydroxylation sites is 1. The number of hydrogen-bond donors (Lipinski definition) is 0. The van der Waals surface area contributed by atoms with Crippen molar-refractivity contribution < 1.29 is 9.47 Å². The zero-order chi connectivity index (χ0) is 18.9. The second kappa shape index (κ2) is 6.66. The molecule has 0 saturated carbocycles. The van der Waals surface area contributed by atoms with Crippen molar-refractivity contribution in [3.63, 3.8) is 0 Å². The first-order chi connectivity index (χ1) is 13.8. The van der Waals surface area contributed by atoms with E-state index in [9.17, 15) is 4.79 Å². The summed E-state index contributed by atoms with van der Waals surface area (Å²) in [7, 11) is 0. The van der Waals surface area contributed by atoms with E-state index in [4.69, 9.17) is 9.47 Å². The fourth-order valence-electron chi connectivity index (χ4n) is 3.12. The average Bonchev–Trinajstić information content (AvgIpc) is 3.21. The summed E-state index contributed by atoms with van der Waals surface area (Å²) in [6, 6.07) is 22.3. The van der Waals surface area contributed by atoms with Crippen LogP contribution in [-0.2, 0) is 0 Å². The van der Waals surface area contributed by atoms with Gasteiger partial charge in [-0.25, -0.2) is 4.98 Å². The summed E-state index contributed by atoms with van der Waals surface area (Å²) >= 11 is 0. The summed E-state index contributed by atoms with van der Waals surface area (Å²) < 4.78 is 12.1. The highest BCUT2D eigenvalue weighted by Gasteiger charge is 2.14. The molecule has 3 aromatic carbocycles. The summed E-state index contributed by atoms with van der Waals surface area (Å²) in [6.45, 7) is 0.210. The van der Waals surface area contributed by atoms with Crippen LogP contribution < -0.4 is 15.0 Å². The van der Waals surface area contributed by atoms with Gasteiger partial charge in [0.05, 0.1) is 17.1 Å². The van der Waals surface area contributed by atoms with Crippen molar-refractivity contribution in [2.24, 2.45) is 5.10 Å². The number of ether oxygens (including phenoxy) is 2.